The molecule has 0 radical (unpaired) electrons. The van der Waals surface area contributed by atoms with Crippen molar-refractivity contribution in [3.63, 3.8) is 0 Å². The summed E-state index contributed by atoms with van der Waals surface area (Å²) in [5.41, 5.74) is 7.08. The largest absolute Gasteiger partial charge is 0.378 e. The van der Waals surface area contributed by atoms with Gasteiger partial charge in [0.15, 0.2) is 0 Å². The Morgan fingerprint density at radius 3 is 2.45 bits per heavy atom. The van der Waals surface area contributed by atoms with E-state index in [2.05, 4.69) is 29.1 Å². The lowest BCUT2D eigenvalue weighted by Gasteiger charge is -2.09. The fourth-order valence-corrected chi connectivity index (χ4v) is 1.75. The smallest absolute Gasteiger partial charge is 0.353 e. The van der Waals surface area contributed by atoms with Crippen LogP contribution in [0.1, 0.15) is 25.3 Å². The highest BCUT2D eigenvalue weighted by Gasteiger charge is 2.20. The van der Waals surface area contributed by atoms with Gasteiger partial charge in [0.05, 0.1) is 4.92 Å². The van der Waals surface area contributed by atoms with Crippen LogP contribution < -0.4 is 11.1 Å². The van der Waals surface area contributed by atoms with Crippen LogP contribution >= 0.6 is 0 Å². The summed E-state index contributed by atoms with van der Waals surface area (Å²) in [6.07, 6.45) is 1.19. The highest BCUT2D eigenvalue weighted by atomic mass is 16.6. The van der Waals surface area contributed by atoms with Gasteiger partial charge in [-0.05, 0) is 23.6 Å². The second kappa shape index (κ2) is 5.52. The average Bonchev–Trinajstić information content (AvgIpc) is 2.39. The molecule has 0 atom stereocenters. The number of hydrogen-bond donors (Lipinski definition) is 2. The molecule has 0 spiro atoms. The van der Waals surface area contributed by atoms with Crippen LogP contribution in [0, 0.1) is 10.1 Å². The Labute approximate surface area is 116 Å². The molecule has 7 heteroatoms. The molecule has 1 heterocycles. The molecule has 0 bridgehead atoms. The lowest BCUT2D eigenvalue weighted by atomic mass is 10.0. The van der Waals surface area contributed by atoms with E-state index in [0.29, 0.717) is 11.6 Å². The number of nitrogens with one attached hydrogen (secondary N) is 1. The van der Waals surface area contributed by atoms with Gasteiger partial charge < -0.3 is 11.1 Å². The SMILES string of the molecule is CC(C)c1ccc(Nc2ncnc(N)c2[N+](=O)[O-])cc1. The van der Waals surface area contributed by atoms with E-state index >= 15 is 0 Å². The summed E-state index contributed by atoms with van der Waals surface area (Å²) in [5.74, 6) is 0.346. The number of aromatic nitrogens is 2. The average molecular weight is 273 g/mol. The first-order chi connectivity index (χ1) is 9.49. The number of nitrogens with zero attached hydrogens (tertiary/aromatic N) is 3. The molecule has 0 saturated carbocycles. The zero-order valence-corrected chi connectivity index (χ0v) is 11.2. The number of anilines is 3. The lowest BCUT2D eigenvalue weighted by Crippen LogP contribution is -2.05. The molecule has 104 valence electrons. The van der Waals surface area contributed by atoms with Crippen molar-refractivity contribution in [3.8, 4) is 0 Å². The third-order valence-electron chi connectivity index (χ3n) is 2.87. The maximum atomic E-state index is 11.0. The van der Waals surface area contributed by atoms with Gasteiger partial charge in [0.2, 0.25) is 11.6 Å². The van der Waals surface area contributed by atoms with E-state index in [1.165, 1.54) is 11.9 Å². The minimum absolute atomic E-state index is 0.0831. The second-order valence-corrected chi connectivity index (χ2v) is 4.61. The van der Waals surface area contributed by atoms with Gasteiger partial charge in [0.25, 0.3) is 0 Å². The summed E-state index contributed by atoms with van der Waals surface area (Å²) in [6.45, 7) is 4.19. The molecule has 0 aliphatic heterocycles. The van der Waals surface area contributed by atoms with E-state index in [1.807, 2.05) is 24.3 Å². The van der Waals surface area contributed by atoms with E-state index in [4.69, 9.17) is 5.73 Å². The molecule has 2 rings (SSSR count). The second-order valence-electron chi connectivity index (χ2n) is 4.61. The van der Waals surface area contributed by atoms with E-state index in [1.54, 1.807) is 0 Å². The van der Waals surface area contributed by atoms with Gasteiger partial charge in [-0.15, -0.1) is 0 Å². The van der Waals surface area contributed by atoms with Gasteiger partial charge in [0, 0.05) is 5.69 Å². The van der Waals surface area contributed by atoms with Crippen molar-refractivity contribution in [2.75, 3.05) is 11.1 Å². The molecule has 20 heavy (non-hydrogen) atoms. The number of benzene rings is 1. The topological polar surface area (TPSA) is 107 Å². The third kappa shape index (κ3) is 2.82. The summed E-state index contributed by atoms with van der Waals surface area (Å²) >= 11 is 0. The lowest BCUT2D eigenvalue weighted by molar-refractivity contribution is -0.383. The molecule has 0 aliphatic carbocycles. The maximum Gasteiger partial charge on any atom is 0.353 e. The van der Waals surface area contributed by atoms with Crippen molar-refractivity contribution in [2.24, 2.45) is 0 Å². The van der Waals surface area contributed by atoms with Crippen LogP contribution in [0.2, 0.25) is 0 Å². The van der Waals surface area contributed by atoms with E-state index in [9.17, 15) is 10.1 Å². The normalized spacial score (nSPS) is 10.6. The highest BCUT2D eigenvalue weighted by Crippen LogP contribution is 2.29. The van der Waals surface area contributed by atoms with Gasteiger partial charge in [-0.25, -0.2) is 9.97 Å². The molecule has 0 unspecified atom stereocenters. The molecule has 0 aliphatic rings. The summed E-state index contributed by atoms with van der Waals surface area (Å²) in [5, 5.41) is 13.9. The minimum Gasteiger partial charge on any atom is -0.378 e. The quantitative estimate of drug-likeness (QED) is 0.655. The molecule has 3 N–H and O–H groups in total. The number of nitrogen functional groups attached to an aromatic ring is 1. The maximum absolute atomic E-state index is 11.0. The summed E-state index contributed by atoms with van der Waals surface area (Å²) in [4.78, 5) is 17.9. The monoisotopic (exact) mass is 273 g/mol. The van der Waals surface area contributed by atoms with Crippen LogP contribution in [0.25, 0.3) is 0 Å². The Kier molecular flexibility index (Phi) is 3.79. The molecule has 1 aromatic heterocycles. The predicted octanol–water partition coefficient (Wildman–Crippen LogP) is 2.83. The third-order valence-corrected chi connectivity index (χ3v) is 2.87. The highest BCUT2D eigenvalue weighted by molar-refractivity contribution is 5.72. The van der Waals surface area contributed by atoms with Gasteiger partial charge in [-0.1, -0.05) is 26.0 Å². The molecule has 0 amide bonds. The Balaban J connectivity index is 2.30. The number of nitrogens with two attached hydrogens (primary N) is 1. The number of hydrogen-bond acceptors (Lipinski definition) is 6. The minimum atomic E-state index is -0.597. The van der Waals surface area contributed by atoms with Crippen LogP contribution in [0.15, 0.2) is 30.6 Å². The first-order valence-electron chi connectivity index (χ1n) is 6.11. The van der Waals surface area contributed by atoms with Crippen molar-refractivity contribution in [1.82, 2.24) is 9.97 Å². The van der Waals surface area contributed by atoms with Crippen LogP contribution in [-0.4, -0.2) is 14.9 Å². The van der Waals surface area contributed by atoms with Crippen molar-refractivity contribution in [1.29, 1.82) is 0 Å². The zero-order chi connectivity index (χ0) is 14.7. The summed E-state index contributed by atoms with van der Waals surface area (Å²) in [7, 11) is 0. The van der Waals surface area contributed by atoms with Crippen molar-refractivity contribution >= 4 is 23.0 Å². The first-order valence-corrected chi connectivity index (χ1v) is 6.11. The predicted molar refractivity (Wildman–Crippen MR) is 76.9 cm³/mol. The fraction of sp³-hybridized carbons (Fsp3) is 0.231. The molecule has 0 saturated heterocycles. The van der Waals surface area contributed by atoms with Crippen LogP contribution in [0.4, 0.5) is 23.0 Å². The van der Waals surface area contributed by atoms with Gasteiger partial charge >= 0.3 is 5.69 Å². The van der Waals surface area contributed by atoms with Crippen LogP contribution in [-0.2, 0) is 0 Å². The molecule has 2 aromatic rings. The Hall–Kier alpha value is -2.70. The standard InChI is InChI=1S/C13H15N5O2/c1-8(2)9-3-5-10(6-4-9)17-13-11(18(19)20)12(14)15-7-16-13/h3-8H,1-2H3,(H3,14,15,16,17). The first kappa shape index (κ1) is 13.7. The zero-order valence-electron chi connectivity index (χ0n) is 11.2. The van der Waals surface area contributed by atoms with Crippen molar-refractivity contribution in [3.05, 3.63) is 46.3 Å². The number of rotatable bonds is 4. The van der Waals surface area contributed by atoms with Gasteiger partial charge in [-0.3, -0.25) is 10.1 Å². The molecular weight excluding hydrogens is 258 g/mol. The van der Waals surface area contributed by atoms with Crippen LogP contribution in [0.3, 0.4) is 0 Å². The van der Waals surface area contributed by atoms with Crippen molar-refractivity contribution < 1.29 is 4.92 Å². The van der Waals surface area contributed by atoms with Crippen molar-refractivity contribution in [2.45, 2.75) is 19.8 Å². The Morgan fingerprint density at radius 1 is 1.25 bits per heavy atom. The van der Waals surface area contributed by atoms with E-state index in [-0.39, 0.29) is 17.3 Å². The summed E-state index contributed by atoms with van der Waals surface area (Å²) in [6, 6.07) is 7.61. The van der Waals surface area contributed by atoms with Gasteiger partial charge in [-0.2, -0.15) is 0 Å². The molecule has 7 nitrogen and oxygen atoms in total. The Bertz CT molecular complexity index is 625. The summed E-state index contributed by atoms with van der Waals surface area (Å²) < 4.78 is 0. The van der Waals surface area contributed by atoms with Crippen LogP contribution in [0.5, 0.6) is 0 Å². The van der Waals surface area contributed by atoms with E-state index in [0.717, 1.165) is 0 Å². The number of nitro groups is 1. The molecular formula is C13H15N5O2. The molecule has 0 fully saturated rings. The van der Waals surface area contributed by atoms with Gasteiger partial charge in [0.1, 0.15) is 6.33 Å². The van der Waals surface area contributed by atoms with E-state index < -0.39 is 4.92 Å². The fourth-order valence-electron chi connectivity index (χ4n) is 1.75. The molecule has 1 aromatic carbocycles. The Morgan fingerprint density at radius 2 is 1.90 bits per heavy atom.